The maximum atomic E-state index is 12.2. The van der Waals surface area contributed by atoms with Crippen molar-refractivity contribution < 1.29 is 19.4 Å². The molecule has 0 saturated carbocycles. The smallest absolute Gasteiger partial charge is 0.344 e. The van der Waals surface area contributed by atoms with Gasteiger partial charge in [0, 0.05) is 5.02 Å². The van der Waals surface area contributed by atoms with Crippen LogP contribution in [0.3, 0.4) is 0 Å². The van der Waals surface area contributed by atoms with Crippen molar-refractivity contribution in [2.75, 3.05) is 0 Å². The Balaban J connectivity index is 1.77. The normalized spacial score (nSPS) is 17.6. The number of rotatable bonds is 6. The summed E-state index contributed by atoms with van der Waals surface area (Å²) in [6.45, 7) is 1.74. The molecule has 1 unspecified atom stereocenters. The third-order valence-corrected chi connectivity index (χ3v) is 4.92. The highest BCUT2D eigenvalue weighted by Crippen LogP contribution is 2.29. The third-order valence-electron chi connectivity index (χ3n) is 3.77. The van der Waals surface area contributed by atoms with Gasteiger partial charge in [0.15, 0.2) is 11.3 Å². The van der Waals surface area contributed by atoms with Crippen molar-refractivity contribution in [3.05, 3.63) is 64.0 Å². The average Bonchev–Trinajstić information content (AvgIpc) is 2.98. The number of halogens is 1. The molecule has 0 aliphatic carbocycles. The molecule has 2 aromatic rings. The zero-order valence-corrected chi connectivity index (χ0v) is 16.5. The molecule has 1 aliphatic rings. The number of ether oxygens (including phenoxy) is 1. The maximum absolute atomic E-state index is 12.2. The second-order valence-electron chi connectivity index (χ2n) is 5.89. The topological polar surface area (TPSA) is 88.0 Å². The number of aliphatic imine (C=N–C) groups is 1. The lowest BCUT2D eigenvalue weighted by Gasteiger charge is -2.13. The molecule has 28 heavy (non-hydrogen) atoms. The first kappa shape index (κ1) is 20.0. The zero-order valence-electron chi connectivity index (χ0n) is 14.9. The Kier molecular flexibility index (Phi) is 6.38. The summed E-state index contributed by atoms with van der Waals surface area (Å²) < 4.78 is 5.50. The van der Waals surface area contributed by atoms with Gasteiger partial charge in [-0.25, -0.2) is 9.79 Å². The van der Waals surface area contributed by atoms with Crippen LogP contribution in [-0.4, -0.2) is 28.3 Å². The molecule has 1 amide bonds. The summed E-state index contributed by atoms with van der Waals surface area (Å²) in [4.78, 5) is 28.2. The number of carboxylic acids is 1. The molecule has 3 rings (SSSR count). The van der Waals surface area contributed by atoms with Crippen molar-refractivity contribution in [1.82, 2.24) is 5.32 Å². The number of nitrogens with one attached hydrogen (secondary N) is 1. The van der Waals surface area contributed by atoms with Gasteiger partial charge in [-0.15, -0.1) is 0 Å². The van der Waals surface area contributed by atoms with Crippen LogP contribution in [0.2, 0.25) is 5.02 Å². The van der Waals surface area contributed by atoms with E-state index in [1.54, 1.807) is 55.5 Å². The summed E-state index contributed by atoms with van der Waals surface area (Å²) in [5.74, 6) is -0.840. The largest absolute Gasteiger partial charge is 0.479 e. The minimum Gasteiger partial charge on any atom is -0.479 e. The van der Waals surface area contributed by atoms with Gasteiger partial charge in [0.25, 0.3) is 5.91 Å². The predicted molar refractivity (Wildman–Crippen MR) is 111 cm³/mol. The molecule has 1 aliphatic heterocycles. The van der Waals surface area contributed by atoms with E-state index in [1.807, 2.05) is 6.07 Å². The lowest BCUT2D eigenvalue weighted by Crippen LogP contribution is -2.25. The first-order valence-electron chi connectivity index (χ1n) is 8.49. The van der Waals surface area contributed by atoms with Gasteiger partial charge in [-0.2, -0.15) is 0 Å². The Morgan fingerprint density at radius 3 is 2.82 bits per heavy atom. The quantitative estimate of drug-likeness (QED) is 0.678. The van der Waals surface area contributed by atoms with Gasteiger partial charge in [-0.1, -0.05) is 36.7 Å². The Bertz CT molecular complexity index is 974. The number of carbonyl (C=O) groups is 2. The number of thioether (sulfide) groups is 1. The van der Waals surface area contributed by atoms with E-state index in [4.69, 9.17) is 21.4 Å². The standard InChI is InChI=1S/C20H17ClN2O4S/c1-2-16(19(25)26)27-15-8-3-5-12(9-15)10-17-18(24)23-20(28-17)22-14-7-4-6-13(21)11-14/h3-11,16H,2H2,1H3,(H,25,26)(H,22,23,24)/b17-10+. The van der Waals surface area contributed by atoms with Crippen molar-refractivity contribution in [2.45, 2.75) is 19.4 Å². The summed E-state index contributed by atoms with van der Waals surface area (Å²) in [6, 6.07) is 14.0. The summed E-state index contributed by atoms with van der Waals surface area (Å²) in [7, 11) is 0. The van der Waals surface area contributed by atoms with Crippen molar-refractivity contribution in [2.24, 2.45) is 4.99 Å². The summed E-state index contributed by atoms with van der Waals surface area (Å²) in [5.41, 5.74) is 1.37. The molecule has 1 saturated heterocycles. The Hall–Kier alpha value is -2.77. The van der Waals surface area contributed by atoms with Crippen LogP contribution < -0.4 is 10.1 Å². The zero-order chi connectivity index (χ0) is 20.1. The highest BCUT2D eigenvalue weighted by atomic mass is 35.5. The second-order valence-corrected chi connectivity index (χ2v) is 7.35. The molecule has 0 radical (unpaired) electrons. The van der Waals surface area contributed by atoms with E-state index in [9.17, 15) is 9.59 Å². The monoisotopic (exact) mass is 416 g/mol. The van der Waals surface area contributed by atoms with Gasteiger partial charge in [0.05, 0.1) is 10.6 Å². The first-order chi connectivity index (χ1) is 13.4. The van der Waals surface area contributed by atoms with E-state index in [2.05, 4.69) is 10.3 Å². The molecule has 2 N–H and O–H groups in total. The van der Waals surface area contributed by atoms with E-state index in [0.717, 1.165) is 5.56 Å². The molecule has 0 aromatic heterocycles. The molecule has 1 fully saturated rings. The van der Waals surface area contributed by atoms with Crippen LogP contribution in [0.4, 0.5) is 5.69 Å². The molecule has 6 nitrogen and oxygen atoms in total. The number of carbonyl (C=O) groups excluding carboxylic acids is 1. The van der Waals surface area contributed by atoms with Crippen molar-refractivity contribution in [3.8, 4) is 5.75 Å². The molecule has 8 heteroatoms. The molecule has 144 valence electrons. The average molecular weight is 417 g/mol. The Labute approximate surface area is 171 Å². The van der Waals surface area contributed by atoms with Gasteiger partial charge >= 0.3 is 5.97 Å². The first-order valence-corrected chi connectivity index (χ1v) is 9.68. The minimum absolute atomic E-state index is 0.255. The second kappa shape index (κ2) is 8.95. The fourth-order valence-electron chi connectivity index (χ4n) is 2.45. The SMILES string of the molecule is CCC(Oc1cccc(/C=C2/SC(=Nc3cccc(Cl)c3)NC2=O)c1)C(=O)O. The van der Waals surface area contributed by atoms with Crippen LogP contribution in [-0.2, 0) is 9.59 Å². The highest BCUT2D eigenvalue weighted by molar-refractivity contribution is 8.18. The molecular weight excluding hydrogens is 400 g/mol. The summed E-state index contributed by atoms with van der Waals surface area (Å²) >= 11 is 7.17. The van der Waals surface area contributed by atoms with E-state index < -0.39 is 12.1 Å². The summed E-state index contributed by atoms with van der Waals surface area (Å²) in [6.07, 6.45) is 1.14. The maximum Gasteiger partial charge on any atom is 0.344 e. The number of amidine groups is 1. The lowest BCUT2D eigenvalue weighted by molar-refractivity contribution is -0.145. The van der Waals surface area contributed by atoms with Gasteiger partial charge in [0.2, 0.25) is 0 Å². The van der Waals surface area contributed by atoms with E-state index in [-0.39, 0.29) is 5.91 Å². The van der Waals surface area contributed by atoms with E-state index >= 15 is 0 Å². The van der Waals surface area contributed by atoms with Crippen LogP contribution in [0.1, 0.15) is 18.9 Å². The number of carboxylic acid groups (broad SMARTS) is 1. The minimum atomic E-state index is -1.01. The molecule has 2 aromatic carbocycles. The number of hydrogen-bond acceptors (Lipinski definition) is 5. The fourth-order valence-corrected chi connectivity index (χ4v) is 3.47. The van der Waals surface area contributed by atoms with Gasteiger partial charge in [0.1, 0.15) is 5.75 Å². The van der Waals surface area contributed by atoms with Gasteiger partial charge in [-0.3, -0.25) is 4.79 Å². The van der Waals surface area contributed by atoms with Crippen LogP contribution in [0.15, 0.2) is 58.4 Å². The number of amides is 1. The van der Waals surface area contributed by atoms with Crippen LogP contribution in [0.25, 0.3) is 6.08 Å². The lowest BCUT2D eigenvalue weighted by atomic mass is 10.2. The molecular formula is C20H17ClN2O4S. The van der Waals surface area contributed by atoms with Crippen LogP contribution >= 0.6 is 23.4 Å². The van der Waals surface area contributed by atoms with Crippen LogP contribution in [0, 0.1) is 0 Å². The molecule has 1 atom stereocenters. The predicted octanol–water partition coefficient (Wildman–Crippen LogP) is 4.47. The van der Waals surface area contributed by atoms with Crippen molar-refractivity contribution in [1.29, 1.82) is 0 Å². The highest BCUT2D eigenvalue weighted by Gasteiger charge is 2.24. The van der Waals surface area contributed by atoms with Gasteiger partial charge < -0.3 is 15.2 Å². The van der Waals surface area contributed by atoms with Crippen molar-refractivity contribution in [3.63, 3.8) is 0 Å². The summed E-state index contributed by atoms with van der Waals surface area (Å²) in [5, 5.41) is 12.9. The van der Waals surface area contributed by atoms with Crippen LogP contribution in [0.5, 0.6) is 5.75 Å². The molecule has 0 bridgehead atoms. The number of nitrogens with zero attached hydrogens (tertiary/aromatic N) is 1. The molecule has 1 heterocycles. The molecule has 0 spiro atoms. The Morgan fingerprint density at radius 1 is 1.32 bits per heavy atom. The number of benzene rings is 2. The number of hydrogen-bond donors (Lipinski definition) is 2. The van der Waals surface area contributed by atoms with Crippen molar-refractivity contribution >= 4 is 52.2 Å². The third kappa shape index (κ3) is 5.15. The van der Waals surface area contributed by atoms with Gasteiger partial charge in [-0.05, 0) is 60.2 Å². The fraction of sp³-hybridized carbons (Fsp3) is 0.150. The number of aliphatic carboxylic acids is 1. The van der Waals surface area contributed by atoms with E-state index in [0.29, 0.717) is 33.0 Å². The Morgan fingerprint density at radius 2 is 2.11 bits per heavy atom. The van der Waals surface area contributed by atoms with E-state index in [1.165, 1.54) is 11.8 Å².